The van der Waals surface area contributed by atoms with Gasteiger partial charge in [0.25, 0.3) is 0 Å². The van der Waals surface area contributed by atoms with Crippen molar-refractivity contribution in [1.29, 1.82) is 0 Å². The predicted molar refractivity (Wildman–Crippen MR) is 117 cm³/mol. The summed E-state index contributed by atoms with van der Waals surface area (Å²) in [6, 6.07) is 4.61. The summed E-state index contributed by atoms with van der Waals surface area (Å²) in [5, 5.41) is 2.97. The minimum absolute atomic E-state index is 0.177. The van der Waals surface area contributed by atoms with E-state index in [1.165, 1.54) is 20.1 Å². The van der Waals surface area contributed by atoms with Crippen molar-refractivity contribution < 1.29 is 23.7 Å². The molecule has 0 bridgehead atoms. The van der Waals surface area contributed by atoms with Gasteiger partial charge in [0.2, 0.25) is 17.1 Å². The van der Waals surface area contributed by atoms with Crippen LogP contribution in [0.1, 0.15) is 30.5 Å². The first kappa shape index (κ1) is 22.0. The molecule has 1 atom stereocenters. The maximum absolute atomic E-state index is 12.7. The lowest BCUT2D eigenvalue weighted by atomic mass is 9.95. The highest BCUT2D eigenvalue weighted by atomic mass is 79.9. The smallest absolute Gasteiger partial charge is 0.220 e. The predicted octanol–water partition coefficient (Wildman–Crippen LogP) is 3.63. The van der Waals surface area contributed by atoms with Gasteiger partial charge in [-0.2, -0.15) is 0 Å². The zero-order valence-corrected chi connectivity index (χ0v) is 19.1. The van der Waals surface area contributed by atoms with Crippen molar-refractivity contribution in [2.24, 2.45) is 0 Å². The van der Waals surface area contributed by atoms with Crippen molar-refractivity contribution in [1.82, 2.24) is 5.32 Å². The van der Waals surface area contributed by atoms with Crippen molar-refractivity contribution >= 4 is 21.8 Å². The first-order chi connectivity index (χ1) is 14.4. The van der Waals surface area contributed by atoms with Crippen molar-refractivity contribution in [2.75, 3.05) is 28.4 Å². The highest BCUT2D eigenvalue weighted by molar-refractivity contribution is 9.10. The van der Waals surface area contributed by atoms with Gasteiger partial charge in [-0.25, -0.2) is 0 Å². The van der Waals surface area contributed by atoms with Crippen LogP contribution in [0.2, 0.25) is 0 Å². The minimum Gasteiger partial charge on any atom is -0.493 e. The molecule has 0 fully saturated rings. The maximum Gasteiger partial charge on any atom is 0.220 e. The monoisotopic (exact) mass is 477 g/mol. The Morgan fingerprint density at radius 2 is 1.70 bits per heavy atom. The number of hydrogen-bond donors (Lipinski definition) is 1. The highest BCUT2D eigenvalue weighted by Crippen LogP contribution is 2.54. The van der Waals surface area contributed by atoms with Crippen LogP contribution in [0.5, 0.6) is 23.0 Å². The molecule has 0 saturated heterocycles. The molecule has 1 aliphatic rings. The number of amides is 1. The number of nitrogens with one attached hydrogen (secondary N) is 1. The second-order valence-electron chi connectivity index (χ2n) is 6.84. The van der Waals surface area contributed by atoms with Crippen LogP contribution >= 0.6 is 15.9 Å². The molecule has 160 valence electrons. The van der Waals surface area contributed by atoms with E-state index >= 15 is 0 Å². The number of carbonyl (C=O) groups is 1. The summed E-state index contributed by atoms with van der Waals surface area (Å²) in [6.07, 6.45) is 1.20. The van der Waals surface area contributed by atoms with Gasteiger partial charge in [-0.15, -0.1) is 0 Å². The summed E-state index contributed by atoms with van der Waals surface area (Å²) in [7, 11) is 6.12. The molecule has 0 saturated carbocycles. The fourth-order valence-electron chi connectivity index (χ4n) is 3.93. The van der Waals surface area contributed by atoms with Gasteiger partial charge >= 0.3 is 0 Å². The average Bonchev–Trinajstić information content (AvgIpc) is 2.96. The van der Waals surface area contributed by atoms with Gasteiger partial charge in [0, 0.05) is 12.5 Å². The number of halogens is 1. The van der Waals surface area contributed by atoms with Crippen LogP contribution in [-0.4, -0.2) is 34.3 Å². The Kier molecular flexibility index (Phi) is 6.55. The van der Waals surface area contributed by atoms with E-state index in [4.69, 9.17) is 18.9 Å². The SMILES string of the molecule is COc1c(Br)c2c(c(OC)c1OC)-c1ccc(OC)c(=O)cc1[C@@H](NC(C)=O)CC2. The maximum atomic E-state index is 12.7. The van der Waals surface area contributed by atoms with Gasteiger partial charge in [0.05, 0.1) is 39.0 Å². The van der Waals surface area contributed by atoms with E-state index in [-0.39, 0.29) is 23.1 Å². The zero-order chi connectivity index (χ0) is 22.0. The quantitative estimate of drug-likeness (QED) is 0.707. The molecule has 30 heavy (non-hydrogen) atoms. The summed E-state index contributed by atoms with van der Waals surface area (Å²) < 4.78 is 22.9. The van der Waals surface area contributed by atoms with Crippen molar-refractivity contribution in [3.8, 4) is 34.1 Å². The van der Waals surface area contributed by atoms with Crippen molar-refractivity contribution in [3.63, 3.8) is 0 Å². The molecule has 3 rings (SSSR count). The summed E-state index contributed by atoms with van der Waals surface area (Å²) >= 11 is 3.66. The molecular formula is C22H24BrNO6. The van der Waals surface area contributed by atoms with E-state index < -0.39 is 0 Å². The Bertz CT molecular complexity index is 1050. The second kappa shape index (κ2) is 8.95. The average molecular weight is 478 g/mol. The molecule has 0 aromatic heterocycles. The van der Waals surface area contributed by atoms with E-state index in [0.717, 1.165) is 21.2 Å². The fourth-order valence-corrected chi connectivity index (χ4v) is 4.67. The van der Waals surface area contributed by atoms with Crippen LogP contribution < -0.4 is 29.7 Å². The van der Waals surface area contributed by atoms with Crippen LogP contribution in [0, 0.1) is 0 Å². The number of fused-ring (bicyclic) bond motifs is 3. The molecule has 7 nitrogen and oxygen atoms in total. The number of hydrogen-bond acceptors (Lipinski definition) is 6. The van der Waals surface area contributed by atoms with Crippen molar-refractivity contribution in [2.45, 2.75) is 25.8 Å². The lowest BCUT2D eigenvalue weighted by Crippen LogP contribution is -2.26. The summed E-state index contributed by atoms with van der Waals surface area (Å²) in [5.41, 5.74) is 2.89. The van der Waals surface area contributed by atoms with Gasteiger partial charge in [0.15, 0.2) is 17.2 Å². The standard InChI is InChI=1S/C22H24BrNO6/c1-11(25)24-15-8-6-13-18(12-7-9-17(27-2)16(26)10-14(12)15)20(28-3)22(30-5)21(29-4)19(13)23/h7,9-10,15H,6,8H2,1-5H3,(H,24,25)/t15-/m0/s1. The first-order valence-electron chi connectivity index (χ1n) is 9.37. The van der Waals surface area contributed by atoms with Crippen LogP contribution in [0.15, 0.2) is 27.5 Å². The second-order valence-corrected chi connectivity index (χ2v) is 7.63. The molecule has 0 aliphatic heterocycles. The summed E-state index contributed by atoms with van der Waals surface area (Å²) in [5.74, 6) is 1.49. The first-order valence-corrected chi connectivity index (χ1v) is 10.2. The zero-order valence-electron chi connectivity index (χ0n) is 17.6. The van der Waals surface area contributed by atoms with E-state index in [9.17, 15) is 9.59 Å². The van der Waals surface area contributed by atoms with Crippen LogP contribution in [0.4, 0.5) is 0 Å². The van der Waals surface area contributed by atoms with E-state index in [1.807, 2.05) is 6.07 Å². The van der Waals surface area contributed by atoms with Crippen LogP contribution in [0.3, 0.4) is 0 Å². The van der Waals surface area contributed by atoms with E-state index in [0.29, 0.717) is 35.7 Å². The molecule has 8 heteroatoms. The Hall–Kier alpha value is -2.74. The summed E-state index contributed by atoms with van der Waals surface area (Å²) in [6.45, 7) is 1.46. The normalized spacial score (nSPS) is 14.7. The number of benzene rings is 1. The van der Waals surface area contributed by atoms with Gasteiger partial charge in [0.1, 0.15) is 0 Å². The molecule has 1 amide bonds. The third-order valence-corrected chi connectivity index (χ3v) is 6.02. The highest BCUT2D eigenvalue weighted by Gasteiger charge is 2.32. The number of rotatable bonds is 5. The topological polar surface area (TPSA) is 83.1 Å². The van der Waals surface area contributed by atoms with E-state index in [1.54, 1.807) is 27.4 Å². The van der Waals surface area contributed by atoms with Crippen LogP contribution in [0.25, 0.3) is 11.1 Å². The fraction of sp³-hybridized carbons (Fsp3) is 0.364. The number of ether oxygens (including phenoxy) is 4. The third kappa shape index (κ3) is 3.71. The Morgan fingerprint density at radius 3 is 2.27 bits per heavy atom. The number of carbonyl (C=O) groups excluding carboxylic acids is 1. The molecule has 2 aromatic rings. The van der Waals surface area contributed by atoms with E-state index in [2.05, 4.69) is 21.2 Å². The molecule has 0 unspecified atom stereocenters. The Balaban J connectivity index is 2.47. The molecule has 1 N–H and O–H groups in total. The lowest BCUT2D eigenvalue weighted by molar-refractivity contribution is -0.119. The molecule has 1 aliphatic carbocycles. The Morgan fingerprint density at radius 1 is 1.03 bits per heavy atom. The van der Waals surface area contributed by atoms with Gasteiger partial charge < -0.3 is 24.3 Å². The largest absolute Gasteiger partial charge is 0.493 e. The van der Waals surface area contributed by atoms with Gasteiger partial charge in [-0.3, -0.25) is 9.59 Å². The van der Waals surface area contributed by atoms with Gasteiger partial charge in [-0.05, 0) is 57.6 Å². The van der Waals surface area contributed by atoms with Gasteiger partial charge in [-0.1, -0.05) is 6.07 Å². The minimum atomic E-state index is -0.358. The molecule has 0 spiro atoms. The molecule has 0 heterocycles. The Labute approximate surface area is 183 Å². The molecule has 2 aromatic carbocycles. The molecule has 0 radical (unpaired) electrons. The molecular weight excluding hydrogens is 454 g/mol. The number of methoxy groups -OCH3 is 4. The lowest BCUT2D eigenvalue weighted by Gasteiger charge is -2.21. The third-order valence-electron chi connectivity index (χ3n) is 5.18. The van der Waals surface area contributed by atoms with Crippen molar-refractivity contribution in [3.05, 3.63) is 44.0 Å². The summed E-state index contributed by atoms with van der Waals surface area (Å²) in [4.78, 5) is 24.6. The van der Waals surface area contributed by atoms with Crippen LogP contribution in [-0.2, 0) is 11.2 Å².